The predicted octanol–water partition coefficient (Wildman–Crippen LogP) is 4.52. The molecule has 0 saturated heterocycles. The van der Waals surface area contributed by atoms with Crippen LogP contribution in [0.2, 0.25) is 0 Å². The zero-order chi connectivity index (χ0) is 22.2. The van der Waals surface area contributed by atoms with Gasteiger partial charge < -0.3 is 9.47 Å². The van der Waals surface area contributed by atoms with Gasteiger partial charge in [-0.3, -0.25) is 14.2 Å². The van der Waals surface area contributed by atoms with E-state index < -0.39 is 0 Å². The van der Waals surface area contributed by atoms with Gasteiger partial charge in [-0.15, -0.1) is 17.9 Å². The summed E-state index contributed by atoms with van der Waals surface area (Å²) in [6.45, 7) is 7.40. The number of carbonyl (C=O) groups is 1. The van der Waals surface area contributed by atoms with Crippen molar-refractivity contribution in [1.29, 1.82) is 0 Å². The van der Waals surface area contributed by atoms with Crippen molar-refractivity contribution in [3.05, 3.63) is 57.2 Å². The number of thiophene rings is 1. The van der Waals surface area contributed by atoms with E-state index in [2.05, 4.69) is 13.5 Å². The van der Waals surface area contributed by atoms with E-state index in [9.17, 15) is 9.59 Å². The molecule has 32 heavy (non-hydrogen) atoms. The Hall–Kier alpha value is -2.58. The van der Waals surface area contributed by atoms with Gasteiger partial charge in [0.2, 0.25) is 0 Å². The number of Topliss-reactive ketones (excluding diaryl/α,β-unsaturated/α-hetero) is 1. The number of fused-ring (bicyclic) bond motifs is 4. The Morgan fingerprint density at radius 3 is 2.97 bits per heavy atom. The largest absolute Gasteiger partial charge is 0.486 e. The van der Waals surface area contributed by atoms with Crippen molar-refractivity contribution in [1.82, 2.24) is 9.55 Å². The summed E-state index contributed by atoms with van der Waals surface area (Å²) in [7, 11) is 0. The average molecular weight is 469 g/mol. The van der Waals surface area contributed by atoms with Gasteiger partial charge in [0, 0.05) is 17.0 Å². The third-order valence-corrected chi connectivity index (χ3v) is 8.01. The number of nitrogens with zero attached hydrogens (tertiary/aromatic N) is 2. The molecule has 3 aromatic rings. The lowest BCUT2D eigenvalue weighted by Crippen LogP contribution is -2.24. The van der Waals surface area contributed by atoms with Crippen molar-refractivity contribution < 1.29 is 14.3 Å². The Kier molecular flexibility index (Phi) is 5.82. The standard InChI is InChI=1S/C24H24N2O4S2/c1-3-8-26-23(28)21-16-6-4-14(2)11-20(16)32-22(21)25-24(26)31-13-17(27)15-5-7-18-19(12-15)30-10-9-29-18/h3,5,7,12,14H,1,4,6,8-11,13H2,2H3/t14-/m0/s1. The second-order valence-corrected chi connectivity index (χ2v) is 10.2. The van der Waals surface area contributed by atoms with Crippen LogP contribution in [0.1, 0.15) is 34.1 Å². The first-order valence-electron chi connectivity index (χ1n) is 10.8. The lowest BCUT2D eigenvalue weighted by molar-refractivity contribution is 0.102. The molecule has 0 bridgehead atoms. The minimum absolute atomic E-state index is 0.0313. The van der Waals surface area contributed by atoms with Gasteiger partial charge in [0.15, 0.2) is 22.4 Å². The van der Waals surface area contributed by atoms with Crippen LogP contribution in [0.5, 0.6) is 11.5 Å². The number of ketones is 1. The van der Waals surface area contributed by atoms with Crippen LogP contribution in [-0.4, -0.2) is 34.3 Å². The van der Waals surface area contributed by atoms with Crippen molar-refractivity contribution >= 4 is 39.1 Å². The van der Waals surface area contributed by atoms with E-state index in [4.69, 9.17) is 14.5 Å². The van der Waals surface area contributed by atoms with Crippen molar-refractivity contribution in [3.8, 4) is 11.5 Å². The Labute approximate surface area is 194 Å². The molecule has 1 aliphatic heterocycles. The van der Waals surface area contributed by atoms with Crippen LogP contribution in [0.15, 0.2) is 40.8 Å². The second-order valence-electron chi connectivity index (χ2n) is 8.20. The van der Waals surface area contributed by atoms with E-state index in [1.165, 1.54) is 22.2 Å². The molecule has 1 aromatic carbocycles. The molecule has 0 spiro atoms. The number of hydrogen-bond acceptors (Lipinski definition) is 7. The summed E-state index contributed by atoms with van der Waals surface area (Å²) < 4.78 is 12.8. The second kappa shape index (κ2) is 8.75. The van der Waals surface area contributed by atoms with Gasteiger partial charge >= 0.3 is 0 Å². The summed E-state index contributed by atoms with van der Waals surface area (Å²) in [6, 6.07) is 5.24. The minimum Gasteiger partial charge on any atom is -0.486 e. The van der Waals surface area contributed by atoms with E-state index in [0.29, 0.717) is 47.9 Å². The summed E-state index contributed by atoms with van der Waals surface area (Å²) in [4.78, 5) is 33.1. The van der Waals surface area contributed by atoms with Crippen LogP contribution in [0.25, 0.3) is 10.2 Å². The number of hydrogen-bond donors (Lipinski definition) is 0. The van der Waals surface area contributed by atoms with E-state index >= 15 is 0 Å². The van der Waals surface area contributed by atoms with Crippen molar-refractivity contribution in [3.63, 3.8) is 0 Å². The van der Waals surface area contributed by atoms with Gasteiger partial charge in [0.1, 0.15) is 18.0 Å². The van der Waals surface area contributed by atoms with Gasteiger partial charge in [0.05, 0.1) is 11.1 Å². The first kappa shape index (κ1) is 21.3. The Balaban J connectivity index is 1.44. The molecular weight excluding hydrogens is 444 g/mol. The van der Waals surface area contributed by atoms with E-state index in [0.717, 1.165) is 29.5 Å². The normalized spacial score (nSPS) is 17.2. The number of aryl methyl sites for hydroxylation is 1. The van der Waals surface area contributed by atoms with Gasteiger partial charge in [-0.2, -0.15) is 0 Å². The first-order chi connectivity index (χ1) is 15.5. The van der Waals surface area contributed by atoms with Crippen molar-refractivity contribution in [2.75, 3.05) is 19.0 Å². The van der Waals surface area contributed by atoms with Crippen LogP contribution < -0.4 is 15.0 Å². The van der Waals surface area contributed by atoms with Crippen molar-refractivity contribution in [2.24, 2.45) is 5.92 Å². The van der Waals surface area contributed by atoms with Gasteiger partial charge in [-0.05, 0) is 48.9 Å². The highest BCUT2D eigenvalue weighted by atomic mass is 32.2. The highest BCUT2D eigenvalue weighted by Gasteiger charge is 2.25. The molecule has 0 saturated carbocycles. The topological polar surface area (TPSA) is 70.4 Å². The number of allylic oxidation sites excluding steroid dienone is 1. The molecule has 0 fully saturated rings. The fourth-order valence-electron chi connectivity index (χ4n) is 4.24. The van der Waals surface area contributed by atoms with Crippen LogP contribution >= 0.6 is 23.1 Å². The fourth-order valence-corrected chi connectivity index (χ4v) is 6.56. The van der Waals surface area contributed by atoms with Crippen LogP contribution in [0.4, 0.5) is 0 Å². The SMILES string of the molecule is C=CCn1c(SCC(=O)c2ccc3c(c2)OCCO3)nc2sc3c(c2c1=O)CC[C@H](C)C3. The molecule has 2 aromatic heterocycles. The maximum absolute atomic E-state index is 13.4. The molecular formula is C24H24N2O4S2. The summed E-state index contributed by atoms with van der Waals surface area (Å²) in [5.74, 6) is 2.00. The molecule has 0 N–H and O–H groups in total. The monoisotopic (exact) mass is 468 g/mol. The lowest BCUT2D eigenvalue weighted by atomic mass is 9.89. The Morgan fingerprint density at radius 2 is 2.16 bits per heavy atom. The number of benzene rings is 1. The molecule has 6 nitrogen and oxygen atoms in total. The predicted molar refractivity (Wildman–Crippen MR) is 128 cm³/mol. The maximum Gasteiger partial charge on any atom is 0.263 e. The fraction of sp³-hybridized carbons (Fsp3) is 0.375. The van der Waals surface area contributed by atoms with E-state index in [1.54, 1.807) is 40.2 Å². The lowest BCUT2D eigenvalue weighted by Gasteiger charge is -2.18. The molecule has 0 unspecified atom stereocenters. The molecule has 3 heterocycles. The van der Waals surface area contributed by atoms with Gasteiger partial charge in [0.25, 0.3) is 5.56 Å². The summed E-state index contributed by atoms with van der Waals surface area (Å²) in [5.41, 5.74) is 1.69. The third kappa shape index (κ3) is 3.86. The molecule has 1 aliphatic carbocycles. The zero-order valence-electron chi connectivity index (χ0n) is 17.9. The zero-order valence-corrected chi connectivity index (χ0v) is 19.5. The van der Waals surface area contributed by atoms with Crippen LogP contribution in [0.3, 0.4) is 0 Å². The molecule has 166 valence electrons. The third-order valence-electron chi connectivity index (χ3n) is 5.89. The van der Waals surface area contributed by atoms with Crippen LogP contribution in [0, 0.1) is 5.92 Å². The highest BCUT2D eigenvalue weighted by molar-refractivity contribution is 7.99. The minimum atomic E-state index is -0.0502. The van der Waals surface area contributed by atoms with Gasteiger partial charge in [-0.1, -0.05) is 24.8 Å². The smallest absolute Gasteiger partial charge is 0.263 e. The quantitative estimate of drug-likeness (QED) is 0.229. The average Bonchev–Trinajstić information content (AvgIpc) is 3.16. The Morgan fingerprint density at radius 1 is 1.34 bits per heavy atom. The maximum atomic E-state index is 13.4. The number of rotatable bonds is 6. The van der Waals surface area contributed by atoms with E-state index in [-0.39, 0.29) is 17.1 Å². The first-order valence-corrected chi connectivity index (χ1v) is 12.6. The number of thioether (sulfide) groups is 1. The summed E-state index contributed by atoms with van der Waals surface area (Å²) in [5, 5.41) is 1.31. The highest BCUT2D eigenvalue weighted by Crippen LogP contribution is 2.37. The Bertz CT molecular complexity index is 1280. The summed E-state index contributed by atoms with van der Waals surface area (Å²) >= 11 is 2.92. The summed E-state index contributed by atoms with van der Waals surface area (Å²) in [6.07, 6.45) is 4.72. The molecule has 0 radical (unpaired) electrons. The number of ether oxygens (including phenoxy) is 2. The molecule has 5 rings (SSSR count). The van der Waals surface area contributed by atoms with E-state index in [1.807, 2.05) is 0 Å². The van der Waals surface area contributed by atoms with Crippen LogP contribution in [-0.2, 0) is 19.4 Å². The molecule has 1 atom stereocenters. The number of carbonyl (C=O) groups excluding carboxylic acids is 1. The molecule has 8 heteroatoms. The van der Waals surface area contributed by atoms with Crippen molar-refractivity contribution in [2.45, 2.75) is 37.9 Å². The molecule has 2 aliphatic rings. The molecule has 0 amide bonds. The van der Waals surface area contributed by atoms with Gasteiger partial charge in [-0.25, -0.2) is 4.98 Å². The number of aromatic nitrogens is 2.